The number of benzene rings is 4. The monoisotopic (exact) mass is 701 g/mol. The molecule has 12 heteroatoms. The van der Waals surface area contributed by atoms with Gasteiger partial charge in [0.25, 0.3) is 0 Å². The molecule has 0 saturated carbocycles. The quantitative estimate of drug-likeness (QED) is 0.123. The molecule has 0 unspecified atom stereocenters. The summed E-state index contributed by atoms with van der Waals surface area (Å²) >= 11 is 1.61. The summed E-state index contributed by atoms with van der Waals surface area (Å²) in [4.78, 5) is 14.9. The van der Waals surface area contributed by atoms with Gasteiger partial charge in [-0.3, -0.25) is 15.4 Å². The van der Waals surface area contributed by atoms with Crippen molar-refractivity contribution in [2.24, 2.45) is 0 Å². The molecule has 7 aromatic rings. The van der Waals surface area contributed by atoms with Gasteiger partial charge in [0.05, 0.1) is 56.5 Å². The van der Waals surface area contributed by atoms with Gasteiger partial charge >= 0.3 is 0 Å². The molecule has 0 saturated heterocycles. The van der Waals surface area contributed by atoms with Crippen LogP contribution in [-0.4, -0.2) is 43.4 Å². The average molecular weight is 702 g/mol. The summed E-state index contributed by atoms with van der Waals surface area (Å²) in [5, 5.41) is 4.37. The van der Waals surface area contributed by atoms with Gasteiger partial charge in [0.15, 0.2) is 23.0 Å². The summed E-state index contributed by atoms with van der Waals surface area (Å²) in [6.07, 6.45) is 3.42. The maximum atomic E-state index is 6.34. The molecule has 0 spiro atoms. The van der Waals surface area contributed by atoms with Gasteiger partial charge < -0.3 is 28.4 Å². The third-order valence-corrected chi connectivity index (χ3v) is 9.33. The number of pyridine rings is 2. The Bertz CT molecular complexity index is 2310. The number of nitrogens with zero attached hydrogens (tertiary/aromatic N) is 4. The molecule has 0 bridgehead atoms. The molecule has 258 valence electrons. The van der Waals surface area contributed by atoms with Crippen LogP contribution in [0, 0.1) is 13.8 Å². The van der Waals surface area contributed by atoms with E-state index in [9.17, 15) is 0 Å². The van der Waals surface area contributed by atoms with Crippen molar-refractivity contribution in [3.05, 3.63) is 108 Å². The highest BCUT2D eigenvalue weighted by Gasteiger charge is 2.17. The molecule has 0 atom stereocenters. The first-order valence-electron chi connectivity index (χ1n) is 16.0. The van der Waals surface area contributed by atoms with E-state index in [1.54, 1.807) is 52.2 Å². The first kappa shape index (κ1) is 33.2. The van der Waals surface area contributed by atoms with Crippen molar-refractivity contribution < 1.29 is 28.4 Å². The van der Waals surface area contributed by atoms with Gasteiger partial charge in [0.1, 0.15) is 23.0 Å². The molecule has 3 aromatic heterocycles. The molecule has 1 N–H and O–H groups in total. The Labute approximate surface area is 298 Å². The zero-order chi connectivity index (χ0) is 35.5. The highest BCUT2D eigenvalue weighted by molar-refractivity contribution is 7.15. The number of nitrogens with one attached hydrogen (secondary N) is 1. The number of hydrogen-bond acceptors (Lipinski definition) is 12. The van der Waals surface area contributed by atoms with E-state index in [0.29, 0.717) is 46.0 Å². The van der Waals surface area contributed by atoms with Crippen molar-refractivity contribution >= 4 is 49.6 Å². The van der Waals surface area contributed by atoms with Gasteiger partial charge in [0, 0.05) is 40.2 Å². The van der Waals surface area contributed by atoms with Crippen LogP contribution >= 0.6 is 11.3 Å². The summed E-state index contributed by atoms with van der Waals surface area (Å²) in [5.74, 6) is 5.03. The van der Waals surface area contributed by atoms with Crippen LogP contribution in [0.5, 0.6) is 46.0 Å². The van der Waals surface area contributed by atoms with Crippen molar-refractivity contribution in [1.29, 1.82) is 0 Å². The fraction of sp³-hybridized carbons (Fsp3) is 0.154. The minimum absolute atomic E-state index is 0.598. The molecule has 4 aromatic carbocycles. The molecule has 51 heavy (non-hydrogen) atoms. The second kappa shape index (κ2) is 14.3. The molecule has 11 nitrogen and oxygen atoms in total. The normalized spacial score (nSPS) is 10.9. The van der Waals surface area contributed by atoms with Gasteiger partial charge in [-0.05, 0) is 86.6 Å². The highest BCUT2D eigenvalue weighted by Crippen LogP contribution is 2.39. The van der Waals surface area contributed by atoms with E-state index in [-0.39, 0.29) is 0 Å². The van der Waals surface area contributed by atoms with Crippen molar-refractivity contribution in [1.82, 2.24) is 15.0 Å². The zero-order valence-electron chi connectivity index (χ0n) is 28.9. The van der Waals surface area contributed by atoms with Crippen molar-refractivity contribution in [2.75, 3.05) is 38.9 Å². The summed E-state index contributed by atoms with van der Waals surface area (Å²) in [7, 11) is 6.41. The lowest BCUT2D eigenvalue weighted by Gasteiger charge is -2.24. The Morgan fingerprint density at radius 1 is 0.569 bits per heavy atom. The topological polar surface area (TPSA) is 109 Å². The molecule has 0 aliphatic carbocycles. The third-order valence-electron chi connectivity index (χ3n) is 8.27. The first-order chi connectivity index (χ1) is 24.9. The number of anilines is 3. The summed E-state index contributed by atoms with van der Waals surface area (Å²) in [6, 6.07) is 26.6. The Hall–Kier alpha value is -6.27. The summed E-state index contributed by atoms with van der Waals surface area (Å²) in [5.41, 5.74) is 7.68. The van der Waals surface area contributed by atoms with Crippen LogP contribution in [0.4, 0.5) is 16.5 Å². The number of rotatable bonds is 12. The van der Waals surface area contributed by atoms with Gasteiger partial charge in [-0.1, -0.05) is 11.3 Å². The lowest BCUT2D eigenvalue weighted by Crippen LogP contribution is -2.24. The van der Waals surface area contributed by atoms with E-state index in [1.165, 1.54) is 0 Å². The second-order valence-electron chi connectivity index (χ2n) is 11.4. The fourth-order valence-electron chi connectivity index (χ4n) is 5.49. The zero-order valence-corrected chi connectivity index (χ0v) is 29.7. The van der Waals surface area contributed by atoms with Gasteiger partial charge in [0.2, 0.25) is 5.13 Å². The van der Waals surface area contributed by atoms with Crippen molar-refractivity contribution in [3.63, 3.8) is 0 Å². The van der Waals surface area contributed by atoms with Gasteiger partial charge in [-0.2, -0.15) is 0 Å². The molecular weight excluding hydrogens is 667 g/mol. The maximum Gasteiger partial charge on any atom is 0.209 e. The van der Waals surface area contributed by atoms with Crippen LogP contribution in [0.2, 0.25) is 0 Å². The molecule has 0 amide bonds. The Morgan fingerprint density at radius 2 is 1.04 bits per heavy atom. The number of thiazole rings is 1. The number of methoxy groups -OCH3 is 4. The average Bonchev–Trinajstić information content (AvgIpc) is 3.50. The van der Waals surface area contributed by atoms with E-state index < -0.39 is 0 Å². The first-order valence-corrected chi connectivity index (χ1v) is 16.8. The number of fused-ring (bicyclic) bond motifs is 2. The standard InChI is InChI=1S/C39H35N5O6S/c1-23-24(2)51-39(42-23)44(26-9-13-28(14-10-26)50-34-16-18-41-32-22-38(48-6)36(46-4)20-30(32)34)43-25-7-11-27(12-8-25)49-33-15-17-40-31-21-37(47-5)35(45-3)19-29(31)33/h7-22,43H,1-6H3. The number of hydrogen-bond donors (Lipinski definition) is 1. The van der Waals surface area contributed by atoms with E-state index in [0.717, 1.165) is 48.9 Å². The largest absolute Gasteiger partial charge is 0.493 e. The predicted molar refractivity (Wildman–Crippen MR) is 200 cm³/mol. The van der Waals surface area contributed by atoms with Gasteiger partial charge in [-0.15, -0.1) is 0 Å². The van der Waals surface area contributed by atoms with Crippen LogP contribution in [-0.2, 0) is 0 Å². The molecule has 0 radical (unpaired) electrons. The van der Waals surface area contributed by atoms with E-state index in [4.69, 9.17) is 33.4 Å². The number of aryl methyl sites for hydroxylation is 2. The van der Waals surface area contributed by atoms with Crippen LogP contribution < -0.4 is 38.9 Å². The highest BCUT2D eigenvalue weighted by atomic mass is 32.1. The molecular formula is C39H35N5O6S. The smallest absolute Gasteiger partial charge is 0.209 e. The van der Waals surface area contributed by atoms with E-state index in [1.807, 2.05) is 96.9 Å². The minimum atomic E-state index is 0.598. The predicted octanol–water partition coefficient (Wildman–Crippen LogP) is 9.64. The van der Waals surface area contributed by atoms with E-state index in [2.05, 4.69) is 22.3 Å². The molecule has 3 heterocycles. The number of aromatic nitrogens is 3. The van der Waals surface area contributed by atoms with Gasteiger partial charge in [-0.25, -0.2) is 9.99 Å². The summed E-state index contributed by atoms with van der Waals surface area (Å²) < 4.78 is 34.6. The molecule has 0 aliphatic heterocycles. The van der Waals surface area contributed by atoms with E-state index >= 15 is 0 Å². The molecule has 7 rings (SSSR count). The minimum Gasteiger partial charge on any atom is -0.493 e. The lowest BCUT2D eigenvalue weighted by atomic mass is 10.2. The molecule has 0 aliphatic rings. The SMILES string of the molecule is COc1cc2nccc(Oc3ccc(NN(c4ccc(Oc5ccnc6cc(OC)c(OC)cc56)cc4)c4nc(C)c(C)s4)cc3)c2cc1OC. The number of hydrazine groups is 1. The fourth-order valence-corrected chi connectivity index (χ4v) is 6.38. The number of ether oxygens (including phenoxy) is 6. The Balaban J connectivity index is 1.13. The van der Waals surface area contributed by atoms with Crippen LogP contribution in [0.1, 0.15) is 10.6 Å². The lowest BCUT2D eigenvalue weighted by molar-refractivity contribution is 0.355. The van der Waals surface area contributed by atoms with Crippen molar-refractivity contribution in [3.8, 4) is 46.0 Å². The van der Waals surface area contributed by atoms with Crippen molar-refractivity contribution in [2.45, 2.75) is 13.8 Å². The third kappa shape index (κ3) is 6.81. The Kier molecular flexibility index (Phi) is 9.32. The van der Waals surface area contributed by atoms with Crippen LogP contribution in [0.3, 0.4) is 0 Å². The Morgan fingerprint density at radius 3 is 1.49 bits per heavy atom. The second-order valence-corrected chi connectivity index (χ2v) is 12.6. The van der Waals surface area contributed by atoms with Crippen LogP contribution in [0.15, 0.2) is 97.3 Å². The summed E-state index contributed by atoms with van der Waals surface area (Å²) in [6.45, 7) is 4.07. The molecule has 0 fully saturated rings. The maximum absolute atomic E-state index is 6.34. The van der Waals surface area contributed by atoms with Crippen LogP contribution in [0.25, 0.3) is 21.8 Å².